The van der Waals surface area contributed by atoms with E-state index in [0.717, 1.165) is 43.3 Å². The van der Waals surface area contributed by atoms with E-state index < -0.39 is 0 Å². The van der Waals surface area contributed by atoms with E-state index in [4.69, 9.17) is 4.42 Å². The Kier molecular flexibility index (Phi) is 6.09. The molecular formula is C25H29FN4O. The van der Waals surface area contributed by atoms with Crippen LogP contribution < -0.4 is 0 Å². The van der Waals surface area contributed by atoms with Gasteiger partial charge in [0.25, 0.3) is 0 Å². The molecule has 1 aliphatic carbocycles. The second kappa shape index (κ2) is 9.28. The summed E-state index contributed by atoms with van der Waals surface area (Å²) in [5.41, 5.74) is 1.89. The maximum absolute atomic E-state index is 13.6. The highest BCUT2D eigenvalue weighted by atomic mass is 19.1. The van der Waals surface area contributed by atoms with Gasteiger partial charge in [-0.25, -0.2) is 4.39 Å². The summed E-state index contributed by atoms with van der Waals surface area (Å²) in [7, 11) is 0. The molecule has 1 saturated heterocycles. The first-order chi connectivity index (χ1) is 15.3. The van der Waals surface area contributed by atoms with Crippen molar-refractivity contribution in [1.82, 2.24) is 20.0 Å². The van der Waals surface area contributed by atoms with Gasteiger partial charge in [0, 0.05) is 37.8 Å². The van der Waals surface area contributed by atoms with Crippen LogP contribution >= 0.6 is 0 Å². The highest BCUT2D eigenvalue weighted by Gasteiger charge is 2.32. The topological polar surface area (TPSA) is 45.4 Å². The Bertz CT molecular complexity index is 961. The van der Waals surface area contributed by atoms with Gasteiger partial charge in [0.15, 0.2) is 0 Å². The van der Waals surface area contributed by atoms with Crippen molar-refractivity contribution < 1.29 is 8.81 Å². The molecule has 0 amide bonds. The van der Waals surface area contributed by atoms with Crippen LogP contribution in [0.2, 0.25) is 0 Å². The van der Waals surface area contributed by atoms with Crippen LogP contribution in [-0.2, 0) is 0 Å². The zero-order chi connectivity index (χ0) is 21.0. The smallest absolute Gasteiger partial charge is 0.247 e. The molecule has 2 fully saturated rings. The molecule has 31 heavy (non-hydrogen) atoms. The summed E-state index contributed by atoms with van der Waals surface area (Å²) in [4.78, 5) is 5.05. The minimum Gasteiger partial charge on any atom is -0.419 e. The zero-order valence-electron chi connectivity index (χ0n) is 17.8. The lowest BCUT2D eigenvalue weighted by atomic mass is 9.93. The van der Waals surface area contributed by atoms with Crippen molar-refractivity contribution in [2.75, 3.05) is 26.2 Å². The Hall–Kier alpha value is -2.57. The zero-order valence-corrected chi connectivity index (χ0v) is 17.8. The molecule has 3 aromatic rings. The molecular weight excluding hydrogens is 391 g/mol. The van der Waals surface area contributed by atoms with Crippen molar-refractivity contribution >= 4 is 0 Å². The minimum atomic E-state index is -0.236. The van der Waals surface area contributed by atoms with Gasteiger partial charge in [0.2, 0.25) is 11.8 Å². The quantitative estimate of drug-likeness (QED) is 0.587. The second-order valence-corrected chi connectivity index (χ2v) is 8.63. The molecule has 0 spiro atoms. The molecule has 1 atom stereocenters. The van der Waals surface area contributed by atoms with Gasteiger partial charge < -0.3 is 4.42 Å². The average Bonchev–Trinajstić information content (AvgIpc) is 3.32. The van der Waals surface area contributed by atoms with Crippen LogP contribution in [0, 0.1) is 5.82 Å². The van der Waals surface area contributed by atoms with Gasteiger partial charge in [0.1, 0.15) is 11.9 Å². The first-order valence-electron chi connectivity index (χ1n) is 11.4. The average molecular weight is 421 g/mol. The van der Waals surface area contributed by atoms with Crippen molar-refractivity contribution in [2.24, 2.45) is 0 Å². The molecule has 1 saturated carbocycles. The third-order valence-corrected chi connectivity index (χ3v) is 6.69. The molecule has 2 heterocycles. The van der Waals surface area contributed by atoms with E-state index in [2.05, 4.69) is 20.0 Å². The Labute approximate surface area is 182 Å². The third kappa shape index (κ3) is 4.55. The molecule has 0 N–H and O–H groups in total. The lowest BCUT2D eigenvalue weighted by Gasteiger charge is -2.42. The van der Waals surface area contributed by atoms with Crippen LogP contribution in [0.15, 0.2) is 59.0 Å². The largest absolute Gasteiger partial charge is 0.419 e. The van der Waals surface area contributed by atoms with Gasteiger partial charge in [0.05, 0.1) is 0 Å². The lowest BCUT2D eigenvalue weighted by Crippen LogP contribution is -2.51. The van der Waals surface area contributed by atoms with Crippen molar-refractivity contribution in [2.45, 2.75) is 44.2 Å². The molecule has 0 bridgehead atoms. The predicted molar refractivity (Wildman–Crippen MR) is 118 cm³/mol. The van der Waals surface area contributed by atoms with Gasteiger partial charge in [-0.3, -0.25) is 9.80 Å². The van der Waals surface area contributed by atoms with Crippen LogP contribution in [0.3, 0.4) is 0 Å². The van der Waals surface area contributed by atoms with Crippen LogP contribution in [0.25, 0.3) is 11.5 Å². The van der Waals surface area contributed by atoms with Gasteiger partial charge in [-0.2, -0.15) is 0 Å². The third-order valence-electron chi connectivity index (χ3n) is 6.69. The SMILES string of the molecule is Fc1ccc(C(c2nnc(-c3ccccc3)o2)N2CCN(C3CCCCC3)CC2)cc1. The van der Waals surface area contributed by atoms with E-state index in [1.807, 2.05) is 42.5 Å². The molecule has 1 unspecified atom stereocenters. The van der Waals surface area contributed by atoms with E-state index in [9.17, 15) is 4.39 Å². The Morgan fingerprint density at radius 1 is 0.839 bits per heavy atom. The molecule has 6 heteroatoms. The van der Waals surface area contributed by atoms with Gasteiger partial charge in [-0.05, 0) is 42.7 Å². The van der Waals surface area contributed by atoms with Crippen molar-refractivity contribution in [3.63, 3.8) is 0 Å². The fourth-order valence-corrected chi connectivity index (χ4v) is 5.00. The minimum absolute atomic E-state index is 0.168. The fourth-order valence-electron chi connectivity index (χ4n) is 5.00. The standard InChI is InChI=1S/C25H29FN4O/c26-21-13-11-19(12-14-21)23(25-28-27-24(31-25)20-7-3-1-4-8-20)30-17-15-29(16-18-30)22-9-5-2-6-10-22/h1,3-4,7-8,11-14,22-23H,2,5-6,9-10,15-18H2. The number of hydrogen-bond acceptors (Lipinski definition) is 5. The van der Waals surface area contributed by atoms with Gasteiger partial charge in [-0.1, -0.05) is 49.6 Å². The number of halogens is 1. The number of piperazine rings is 1. The summed E-state index contributed by atoms with van der Waals surface area (Å²) in [6.45, 7) is 3.95. The Morgan fingerprint density at radius 2 is 1.55 bits per heavy atom. The van der Waals surface area contributed by atoms with Crippen molar-refractivity contribution in [3.8, 4) is 11.5 Å². The van der Waals surface area contributed by atoms with Gasteiger partial charge >= 0.3 is 0 Å². The van der Waals surface area contributed by atoms with Crippen LogP contribution in [0.5, 0.6) is 0 Å². The first kappa shape index (κ1) is 20.3. The highest BCUT2D eigenvalue weighted by molar-refractivity contribution is 5.51. The summed E-state index contributed by atoms with van der Waals surface area (Å²) in [6.07, 6.45) is 6.74. The molecule has 0 radical (unpaired) electrons. The number of aromatic nitrogens is 2. The highest BCUT2D eigenvalue weighted by Crippen LogP contribution is 2.32. The Morgan fingerprint density at radius 3 is 2.26 bits per heavy atom. The van der Waals surface area contributed by atoms with Crippen molar-refractivity contribution in [1.29, 1.82) is 0 Å². The number of hydrogen-bond donors (Lipinski definition) is 0. The summed E-state index contributed by atoms with van der Waals surface area (Å²) < 4.78 is 19.7. The summed E-state index contributed by atoms with van der Waals surface area (Å²) in [5.74, 6) is 0.847. The molecule has 1 aliphatic heterocycles. The van der Waals surface area contributed by atoms with E-state index in [1.54, 1.807) is 0 Å². The van der Waals surface area contributed by atoms with Crippen LogP contribution in [0.1, 0.15) is 49.6 Å². The normalized spacial score (nSPS) is 20.0. The van der Waals surface area contributed by atoms with Gasteiger partial charge in [-0.15, -0.1) is 10.2 Å². The summed E-state index contributed by atoms with van der Waals surface area (Å²) >= 11 is 0. The molecule has 2 aromatic carbocycles. The molecule has 5 rings (SSSR count). The first-order valence-corrected chi connectivity index (χ1v) is 11.4. The molecule has 5 nitrogen and oxygen atoms in total. The van der Waals surface area contributed by atoms with E-state index in [1.165, 1.54) is 44.2 Å². The van der Waals surface area contributed by atoms with E-state index in [-0.39, 0.29) is 11.9 Å². The molecule has 2 aliphatic rings. The van der Waals surface area contributed by atoms with E-state index in [0.29, 0.717) is 11.8 Å². The molecule has 162 valence electrons. The fraction of sp³-hybridized carbons (Fsp3) is 0.440. The molecule has 1 aromatic heterocycles. The predicted octanol–water partition coefficient (Wildman–Crippen LogP) is 4.92. The summed E-state index contributed by atoms with van der Waals surface area (Å²) in [6, 6.07) is 17.1. The summed E-state index contributed by atoms with van der Waals surface area (Å²) in [5, 5.41) is 8.72. The van der Waals surface area contributed by atoms with E-state index >= 15 is 0 Å². The van der Waals surface area contributed by atoms with Crippen LogP contribution in [-0.4, -0.2) is 52.2 Å². The Balaban J connectivity index is 1.38. The van der Waals surface area contributed by atoms with Crippen molar-refractivity contribution in [3.05, 3.63) is 71.9 Å². The number of rotatable bonds is 5. The maximum Gasteiger partial charge on any atom is 0.247 e. The number of nitrogens with zero attached hydrogens (tertiary/aromatic N) is 4. The number of benzene rings is 2. The second-order valence-electron chi connectivity index (χ2n) is 8.63. The lowest BCUT2D eigenvalue weighted by molar-refractivity contribution is 0.0590. The van der Waals surface area contributed by atoms with Crippen LogP contribution in [0.4, 0.5) is 4.39 Å². The monoisotopic (exact) mass is 420 g/mol. The maximum atomic E-state index is 13.6.